The number of carbonyl (C=O) groups is 1. The van der Waals surface area contributed by atoms with Crippen molar-refractivity contribution in [2.75, 3.05) is 6.61 Å². The Morgan fingerprint density at radius 3 is 2.72 bits per heavy atom. The van der Waals surface area contributed by atoms with E-state index in [9.17, 15) is 9.18 Å². The lowest BCUT2D eigenvalue weighted by molar-refractivity contribution is -0.151. The SMILES string of the molecule is C=CC(C)(Cc1ccc(F)cc1C)C(=O)OCC. The van der Waals surface area contributed by atoms with E-state index in [1.165, 1.54) is 12.1 Å². The van der Waals surface area contributed by atoms with Gasteiger partial charge in [-0.1, -0.05) is 12.1 Å². The zero-order valence-electron chi connectivity index (χ0n) is 11.1. The van der Waals surface area contributed by atoms with Crippen LogP contribution in [-0.2, 0) is 16.0 Å². The van der Waals surface area contributed by atoms with Gasteiger partial charge in [-0.05, 0) is 50.5 Å². The van der Waals surface area contributed by atoms with Crippen LogP contribution in [-0.4, -0.2) is 12.6 Å². The number of hydrogen-bond donors (Lipinski definition) is 0. The molecule has 0 bridgehead atoms. The summed E-state index contributed by atoms with van der Waals surface area (Å²) >= 11 is 0. The number of aryl methyl sites for hydroxylation is 1. The molecule has 0 radical (unpaired) electrons. The molecule has 0 aromatic heterocycles. The molecule has 0 fully saturated rings. The van der Waals surface area contributed by atoms with Crippen molar-refractivity contribution in [2.24, 2.45) is 5.41 Å². The molecule has 2 nitrogen and oxygen atoms in total. The summed E-state index contributed by atoms with van der Waals surface area (Å²) in [6, 6.07) is 4.56. The predicted octanol–water partition coefficient (Wildman–Crippen LogP) is 3.43. The molecule has 1 rings (SSSR count). The van der Waals surface area contributed by atoms with Gasteiger partial charge in [-0.25, -0.2) is 4.39 Å². The minimum absolute atomic E-state index is 0.271. The lowest BCUT2D eigenvalue weighted by Crippen LogP contribution is -2.30. The van der Waals surface area contributed by atoms with E-state index in [0.29, 0.717) is 13.0 Å². The van der Waals surface area contributed by atoms with Crippen LogP contribution in [0.15, 0.2) is 30.9 Å². The highest BCUT2D eigenvalue weighted by Gasteiger charge is 2.32. The zero-order chi connectivity index (χ0) is 13.8. The van der Waals surface area contributed by atoms with Crippen molar-refractivity contribution in [1.29, 1.82) is 0 Å². The quantitative estimate of drug-likeness (QED) is 0.591. The van der Waals surface area contributed by atoms with Crippen LogP contribution in [0.4, 0.5) is 4.39 Å². The van der Waals surface area contributed by atoms with Crippen molar-refractivity contribution >= 4 is 5.97 Å². The summed E-state index contributed by atoms with van der Waals surface area (Å²) in [7, 11) is 0. The first-order chi connectivity index (χ1) is 8.42. The molecule has 18 heavy (non-hydrogen) atoms. The summed E-state index contributed by atoms with van der Waals surface area (Å²) in [4.78, 5) is 11.9. The third kappa shape index (κ3) is 3.19. The second-order valence-electron chi connectivity index (χ2n) is 4.59. The van der Waals surface area contributed by atoms with Crippen molar-refractivity contribution in [3.8, 4) is 0 Å². The molecule has 0 aliphatic carbocycles. The lowest BCUT2D eigenvalue weighted by Gasteiger charge is -2.24. The van der Waals surface area contributed by atoms with Gasteiger partial charge in [0.05, 0.1) is 12.0 Å². The summed E-state index contributed by atoms with van der Waals surface area (Å²) in [6.07, 6.45) is 2.05. The fourth-order valence-electron chi connectivity index (χ4n) is 1.78. The molecule has 3 heteroatoms. The molecule has 0 heterocycles. The monoisotopic (exact) mass is 250 g/mol. The average molecular weight is 250 g/mol. The van der Waals surface area contributed by atoms with Gasteiger partial charge >= 0.3 is 5.97 Å². The van der Waals surface area contributed by atoms with Crippen LogP contribution in [0.3, 0.4) is 0 Å². The van der Waals surface area contributed by atoms with Crippen molar-refractivity contribution < 1.29 is 13.9 Å². The Kier molecular flexibility index (Phi) is 4.65. The molecule has 0 aliphatic heterocycles. The molecule has 1 aromatic rings. The molecular weight excluding hydrogens is 231 g/mol. The highest BCUT2D eigenvalue weighted by Crippen LogP contribution is 2.27. The van der Waals surface area contributed by atoms with Gasteiger partial charge in [-0.3, -0.25) is 4.79 Å². The highest BCUT2D eigenvalue weighted by molar-refractivity contribution is 5.79. The maximum Gasteiger partial charge on any atom is 0.315 e. The van der Waals surface area contributed by atoms with Crippen molar-refractivity contribution in [3.05, 3.63) is 47.8 Å². The van der Waals surface area contributed by atoms with Crippen LogP contribution < -0.4 is 0 Å². The topological polar surface area (TPSA) is 26.3 Å². The van der Waals surface area contributed by atoms with E-state index in [1.54, 1.807) is 26.0 Å². The molecule has 98 valence electrons. The molecule has 0 N–H and O–H groups in total. The van der Waals surface area contributed by atoms with Crippen LogP contribution >= 0.6 is 0 Å². The van der Waals surface area contributed by atoms with Gasteiger partial charge in [0.2, 0.25) is 0 Å². The van der Waals surface area contributed by atoms with Crippen LogP contribution in [0, 0.1) is 18.2 Å². The zero-order valence-corrected chi connectivity index (χ0v) is 11.1. The van der Waals surface area contributed by atoms with Crippen LogP contribution in [0.25, 0.3) is 0 Å². The second kappa shape index (κ2) is 5.80. The van der Waals surface area contributed by atoms with Crippen molar-refractivity contribution in [3.63, 3.8) is 0 Å². The standard InChI is InChI=1S/C15H19FO2/c1-5-15(4,14(17)18-6-2)10-12-7-8-13(16)9-11(12)3/h5,7-9H,1,6,10H2,2-4H3. The number of esters is 1. The molecule has 0 amide bonds. The predicted molar refractivity (Wildman–Crippen MR) is 69.8 cm³/mol. The van der Waals surface area contributed by atoms with Gasteiger partial charge in [0, 0.05) is 0 Å². The Bertz CT molecular complexity index is 454. The van der Waals surface area contributed by atoms with Crippen LogP contribution in [0.2, 0.25) is 0 Å². The van der Waals surface area contributed by atoms with E-state index in [-0.39, 0.29) is 11.8 Å². The molecule has 1 aromatic carbocycles. The average Bonchev–Trinajstić information content (AvgIpc) is 2.33. The summed E-state index contributed by atoms with van der Waals surface area (Å²) in [6.45, 7) is 9.42. The normalized spacial score (nSPS) is 13.8. The third-order valence-corrected chi connectivity index (χ3v) is 3.05. The first kappa shape index (κ1) is 14.4. The maximum absolute atomic E-state index is 13.0. The van der Waals surface area contributed by atoms with E-state index in [0.717, 1.165) is 11.1 Å². The minimum atomic E-state index is -0.779. The number of carbonyl (C=O) groups excluding carboxylic acids is 1. The van der Waals surface area contributed by atoms with Crippen LogP contribution in [0.1, 0.15) is 25.0 Å². The fourth-order valence-corrected chi connectivity index (χ4v) is 1.78. The molecular formula is C15H19FO2. The Hall–Kier alpha value is -1.64. The Balaban J connectivity index is 2.98. The number of ether oxygens (including phenoxy) is 1. The molecule has 1 atom stereocenters. The fraction of sp³-hybridized carbons (Fsp3) is 0.400. The van der Waals surface area contributed by atoms with Gasteiger partial charge in [-0.2, -0.15) is 0 Å². The van der Waals surface area contributed by atoms with Crippen molar-refractivity contribution in [1.82, 2.24) is 0 Å². The Morgan fingerprint density at radius 1 is 1.56 bits per heavy atom. The van der Waals surface area contributed by atoms with Gasteiger partial charge in [-0.15, -0.1) is 6.58 Å². The summed E-state index contributed by atoms with van der Waals surface area (Å²) < 4.78 is 18.1. The van der Waals surface area contributed by atoms with Gasteiger partial charge in [0.1, 0.15) is 5.82 Å². The Labute approximate surface area is 107 Å². The Morgan fingerprint density at radius 2 is 2.22 bits per heavy atom. The molecule has 0 saturated heterocycles. The largest absolute Gasteiger partial charge is 0.465 e. The first-order valence-electron chi connectivity index (χ1n) is 5.99. The lowest BCUT2D eigenvalue weighted by atomic mass is 9.82. The highest BCUT2D eigenvalue weighted by atomic mass is 19.1. The van der Waals surface area contributed by atoms with Gasteiger partial charge < -0.3 is 4.74 Å². The minimum Gasteiger partial charge on any atom is -0.465 e. The smallest absolute Gasteiger partial charge is 0.315 e. The van der Waals surface area contributed by atoms with Crippen LogP contribution in [0.5, 0.6) is 0 Å². The van der Waals surface area contributed by atoms with Gasteiger partial charge in [0.25, 0.3) is 0 Å². The van der Waals surface area contributed by atoms with E-state index in [2.05, 4.69) is 6.58 Å². The van der Waals surface area contributed by atoms with Gasteiger partial charge in [0.15, 0.2) is 0 Å². The number of rotatable bonds is 5. The maximum atomic E-state index is 13.0. The molecule has 1 unspecified atom stereocenters. The first-order valence-corrected chi connectivity index (χ1v) is 5.99. The molecule has 0 saturated carbocycles. The summed E-state index contributed by atoms with van der Waals surface area (Å²) in [5.41, 5.74) is 0.970. The van der Waals surface area contributed by atoms with E-state index in [1.807, 2.05) is 6.92 Å². The van der Waals surface area contributed by atoms with E-state index in [4.69, 9.17) is 4.74 Å². The number of hydrogen-bond acceptors (Lipinski definition) is 2. The molecule has 0 aliphatic rings. The number of halogens is 1. The van der Waals surface area contributed by atoms with Crippen molar-refractivity contribution in [2.45, 2.75) is 27.2 Å². The second-order valence-corrected chi connectivity index (χ2v) is 4.59. The third-order valence-electron chi connectivity index (χ3n) is 3.05. The summed E-state index contributed by atoms with van der Waals surface area (Å²) in [5, 5.41) is 0. The number of benzene rings is 1. The van der Waals surface area contributed by atoms with E-state index < -0.39 is 5.41 Å². The summed E-state index contributed by atoms with van der Waals surface area (Å²) in [5.74, 6) is -0.573. The molecule has 0 spiro atoms. The van der Waals surface area contributed by atoms with E-state index >= 15 is 0 Å².